The minimum Gasteiger partial charge on any atom is -0.359 e. The highest BCUT2D eigenvalue weighted by Gasteiger charge is 2.51. The molecule has 1 saturated carbocycles. The smallest absolute Gasteiger partial charge is 0.325 e. The number of aryl methyl sites for hydroxylation is 1. The average Bonchev–Trinajstić information content (AvgIpc) is 3.09. The molecule has 1 spiro atoms. The number of hydrogen-bond acceptors (Lipinski definition) is 5. The highest BCUT2D eigenvalue weighted by atomic mass is 16.5. The topological polar surface area (TPSA) is 91.0 Å². The van der Waals surface area contributed by atoms with Crippen LogP contribution in [-0.2, 0) is 20.7 Å². The number of carbonyl (C=O) groups is 3. The van der Waals surface area contributed by atoms with E-state index in [1.165, 1.54) is 5.56 Å². The lowest BCUT2D eigenvalue weighted by molar-refractivity contribution is -0.136. The number of nitrogens with zero attached hydrogens (tertiary/aromatic N) is 2. The summed E-state index contributed by atoms with van der Waals surface area (Å²) in [6.07, 6.45) is 4.71. The lowest BCUT2D eigenvalue weighted by Crippen LogP contribution is -2.49. The van der Waals surface area contributed by atoms with Crippen LogP contribution in [0.4, 0.5) is 10.5 Å². The molecule has 4 rings (SSSR count). The molecule has 1 atom stereocenters. The summed E-state index contributed by atoms with van der Waals surface area (Å²) in [4.78, 5) is 41.6. The molecule has 8 heteroatoms. The van der Waals surface area contributed by atoms with Gasteiger partial charge in [0.2, 0.25) is 5.91 Å². The van der Waals surface area contributed by atoms with E-state index in [0.29, 0.717) is 32.6 Å². The van der Waals surface area contributed by atoms with Crippen molar-refractivity contribution in [3.63, 3.8) is 0 Å². The number of imide groups is 1. The first kappa shape index (κ1) is 25.7. The third-order valence-electron chi connectivity index (χ3n) is 7.02. The van der Waals surface area contributed by atoms with Gasteiger partial charge in [-0.2, -0.15) is 0 Å². The number of nitrogens with one attached hydrogen (secondary N) is 2. The Kier molecular flexibility index (Phi) is 8.25. The molecule has 2 aromatic rings. The molecule has 36 heavy (non-hydrogen) atoms. The van der Waals surface area contributed by atoms with Crippen LogP contribution in [-0.4, -0.2) is 61.3 Å². The first-order valence-electron chi connectivity index (χ1n) is 12.7. The van der Waals surface area contributed by atoms with Gasteiger partial charge >= 0.3 is 6.03 Å². The maximum atomic E-state index is 13.0. The molecule has 0 unspecified atom stereocenters. The van der Waals surface area contributed by atoms with Crippen molar-refractivity contribution in [2.45, 2.75) is 57.0 Å². The van der Waals surface area contributed by atoms with Gasteiger partial charge in [-0.25, -0.2) is 4.79 Å². The van der Waals surface area contributed by atoms with Crippen molar-refractivity contribution in [1.29, 1.82) is 0 Å². The van der Waals surface area contributed by atoms with Crippen LogP contribution in [0.15, 0.2) is 54.6 Å². The van der Waals surface area contributed by atoms with Crippen LogP contribution in [0.2, 0.25) is 0 Å². The molecule has 2 N–H and O–H groups in total. The number of rotatable bonds is 10. The van der Waals surface area contributed by atoms with Crippen LogP contribution < -0.4 is 15.5 Å². The molecule has 2 aliphatic rings. The second-order valence-corrected chi connectivity index (χ2v) is 9.95. The van der Waals surface area contributed by atoms with Gasteiger partial charge in [-0.05, 0) is 43.9 Å². The van der Waals surface area contributed by atoms with Gasteiger partial charge in [0.25, 0.3) is 5.91 Å². The Balaban J connectivity index is 1.35. The Morgan fingerprint density at radius 3 is 2.47 bits per heavy atom. The molecule has 0 radical (unpaired) electrons. The van der Waals surface area contributed by atoms with E-state index >= 15 is 0 Å². The number of benzene rings is 2. The van der Waals surface area contributed by atoms with Crippen LogP contribution in [0.1, 0.15) is 43.2 Å². The largest absolute Gasteiger partial charge is 0.359 e. The molecule has 0 bridgehead atoms. The Hall–Kier alpha value is -3.39. The highest BCUT2D eigenvalue weighted by molar-refractivity contribution is 6.09. The first-order chi connectivity index (χ1) is 17.4. The van der Waals surface area contributed by atoms with Gasteiger partial charge in [-0.3, -0.25) is 14.5 Å². The summed E-state index contributed by atoms with van der Waals surface area (Å²) in [6.45, 7) is 2.41. The maximum Gasteiger partial charge on any atom is 0.325 e. The Bertz CT molecular complexity index is 1050. The van der Waals surface area contributed by atoms with Gasteiger partial charge in [0.05, 0.1) is 12.6 Å². The van der Waals surface area contributed by atoms with Gasteiger partial charge in [0.15, 0.2) is 0 Å². The van der Waals surface area contributed by atoms with Gasteiger partial charge in [0, 0.05) is 12.7 Å². The first-order valence-corrected chi connectivity index (χ1v) is 12.7. The fourth-order valence-corrected chi connectivity index (χ4v) is 4.99. The van der Waals surface area contributed by atoms with Crippen LogP contribution in [0.25, 0.3) is 0 Å². The molecule has 1 aliphatic heterocycles. The number of urea groups is 1. The van der Waals surface area contributed by atoms with Gasteiger partial charge in [-0.1, -0.05) is 67.3 Å². The fourth-order valence-electron chi connectivity index (χ4n) is 4.99. The zero-order chi connectivity index (χ0) is 25.5. The van der Waals surface area contributed by atoms with E-state index in [1.807, 2.05) is 61.3 Å². The monoisotopic (exact) mass is 492 g/mol. The average molecular weight is 493 g/mol. The highest BCUT2D eigenvalue weighted by Crippen LogP contribution is 2.33. The molecule has 2 fully saturated rings. The maximum absolute atomic E-state index is 13.0. The number of hydrogen-bond donors (Lipinski definition) is 2. The minimum absolute atomic E-state index is 0.280. The quantitative estimate of drug-likeness (QED) is 0.392. The second-order valence-electron chi connectivity index (χ2n) is 9.95. The van der Waals surface area contributed by atoms with E-state index in [4.69, 9.17) is 4.74 Å². The van der Waals surface area contributed by atoms with E-state index in [1.54, 1.807) is 0 Å². The van der Waals surface area contributed by atoms with E-state index in [9.17, 15) is 14.4 Å². The van der Waals surface area contributed by atoms with E-state index in [2.05, 4.69) is 22.8 Å². The molecular formula is C28H36N4O4. The third-order valence-corrected chi connectivity index (χ3v) is 7.02. The molecule has 8 nitrogen and oxygen atoms in total. The van der Waals surface area contributed by atoms with Gasteiger partial charge in [0.1, 0.15) is 18.8 Å². The Morgan fingerprint density at radius 1 is 1.08 bits per heavy atom. The molecule has 4 amide bonds. The summed E-state index contributed by atoms with van der Waals surface area (Å²) in [7, 11) is 1.95. The predicted octanol–water partition coefficient (Wildman–Crippen LogP) is 3.39. The fraction of sp³-hybridized carbons (Fsp3) is 0.464. The van der Waals surface area contributed by atoms with Crippen LogP contribution in [0, 0.1) is 6.92 Å². The minimum atomic E-state index is -0.831. The van der Waals surface area contributed by atoms with Crippen molar-refractivity contribution in [3.8, 4) is 0 Å². The molecule has 1 heterocycles. The standard InChI is InChI=1S/C28H36N4O4/c1-21-11-13-24(14-12-21)31(2)20-36-19-23(17-22-9-5-3-6-10-22)29-25(33)18-32-26(34)28(30-27(32)35)15-7-4-8-16-28/h3,5-6,9-14,23H,4,7-8,15-20H2,1-2H3,(H,29,33)(H,30,35)/t23-/m0/s1. The van der Waals surface area contributed by atoms with Crippen molar-refractivity contribution < 1.29 is 19.1 Å². The van der Waals surface area contributed by atoms with E-state index in [-0.39, 0.29) is 24.4 Å². The number of amides is 4. The second kappa shape index (κ2) is 11.6. The van der Waals surface area contributed by atoms with Crippen molar-refractivity contribution in [1.82, 2.24) is 15.5 Å². The number of anilines is 1. The summed E-state index contributed by atoms with van der Waals surface area (Å²) < 4.78 is 5.97. The summed E-state index contributed by atoms with van der Waals surface area (Å²) >= 11 is 0. The van der Waals surface area contributed by atoms with Crippen molar-refractivity contribution in [3.05, 3.63) is 65.7 Å². The summed E-state index contributed by atoms with van der Waals surface area (Å²) in [5, 5.41) is 5.85. The van der Waals surface area contributed by atoms with Crippen LogP contribution >= 0.6 is 0 Å². The van der Waals surface area contributed by atoms with Gasteiger partial charge in [-0.15, -0.1) is 0 Å². The van der Waals surface area contributed by atoms with Gasteiger partial charge < -0.3 is 20.3 Å². The SMILES string of the molecule is Cc1ccc(N(C)COC[C@H](Cc2ccccc2)NC(=O)CN2C(=O)NC3(CCCCC3)C2=O)cc1. The summed E-state index contributed by atoms with van der Waals surface area (Å²) in [5.74, 6) is -0.652. The zero-order valence-corrected chi connectivity index (χ0v) is 21.2. The molecule has 2 aromatic carbocycles. The molecule has 192 valence electrons. The Labute approximate surface area is 213 Å². The Morgan fingerprint density at radius 2 is 1.78 bits per heavy atom. The van der Waals surface area contributed by atoms with Crippen molar-refractivity contribution in [2.24, 2.45) is 0 Å². The van der Waals surface area contributed by atoms with Crippen molar-refractivity contribution in [2.75, 3.05) is 31.8 Å². The third kappa shape index (κ3) is 6.23. The normalized spacial score (nSPS) is 17.7. The van der Waals surface area contributed by atoms with Crippen LogP contribution in [0.3, 0.4) is 0 Å². The summed E-state index contributed by atoms with van der Waals surface area (Å²) in [5.41, 5.74) is 2.47. The number of ether oxygens (including phenoxy) is 1. The molecular weight excluding hydrogens is 456 g/mol. The zero-order valence-electron chi connectivity index (χ0n) is 21.2. The van der Waals surface area contributed by atoms with E-state index in [0.717, 1.165) is 35.4 Å². The molecule has 0 aromatic heterocycles. The lowest BCUT2D eigenvalue weighted by Gasteiger charge is -2.30. The summed E-state index contributed by atoms with van der Waals surface area (Å²) in [6, 6.07) is 17.3. The van der Waals surface area contributed by atoms with E-state index < -0.39 is 11.6 Å². The number of carbonyl (C=O) groups excluding carboxylic acids is 3. The van der Waals surface area contributed by atoms with Crippen molar-refractivity contribution >= 4 is 23.5 Å². The molecule has 1 aliphatic carbocycles. The lowest BCUT2D eigenvalue weighted by atomic mass is 9.82. The van der Waals surface area contributed by atoms with Crippen LogP contribution in [0.5, 0.6) is 0 Å². The predicted molar refractivity (Wildman–Crippen MR) is 139 cm³/mol. The molecule has 1 saturated heterocycles.